The molecule has 1 aliphatic carbocycles. The molecule has 1 saturated carbocycles. The second-order valence-corrected chi connectivity index (χ2v) is 7.11. The molecule has 3 fully saturated rings. The maximum Gasteiger partial charge on any atom is 0.243 e. The van der Waals surface area contributed by atoms with Crippen LogP contribution in [0.1, 0.15) is 32.1 Å². The van der Waals surface area contributed by atoms with E-state index >= 15 is 0 Å². The van der Waals surface area contributed by atoms with Crippen LogP contribution >= 0.6 is 24.2 Å². The maximum atomic E-state index is 12.4. The molecule has 2 saturated heterocycles. The standard InChI is InChI=1S/C14H23N3O2S.ClH/c18-13(8-11-9-20-7-5-15-11)17-6-1-2-12(17)14(19)16-10-3-4-10;/h10-12,15H,1-9H2,(H,16,19);1H. The maximum absolute atomic E-state index is 12.4. The number of amides is 2. The van der Waals surface area contributed by atoms with Crippen molar-refractivity contribution in [2.45, 2.75) is 50.2 Å². The minimum atomic E-state index is -0.223. The third-order valence-corrected chi connectivity index (χ3v) is 5.35. The van der Waals surface area contributed by atoms with Crippen LogP contribution in [-0.2, 0) is 9.59 Å². The Kier molecular flexibility index (Phi) is 6.20. The van der Waals surface area contributed by atoms with Gasteiger partial charge in [0.25, 0.3) is 0 Å². The van der Waals surface area contributed by atoms with Gasteiger partial charge in [-0.3, -0.25) is 9.59 Å². The van der Waals surface area contributed by atoms with Crippen LogP contribution in [0.15, 0.2) is 0 Å². The first kappa shape index (κ1) is 16.9. The quantitative estimate of drug-likeness (QED) is 0.798. The van der Waals surface area contributed by atoms with Crippen LogP contribution in [0, 0.1) is 0 Å². The summed E-state index contributed by atoms with van der Waals surface area (Å²) in [5.74, 6) is 2.32. The molecule has 2 aliphatic heterocycles. The SMILES string of the molecule is Cl.O=C(NC1CC1)C1CCCN1C(=O)CC1CSCCN1. The number of nitrogens with zero attached hydrogens (tertiary/aromatic N) is 1. The summed E-state index contributed by atoms with van der Waals surface area (Å²) in [6, 6.07) is 0.421. The summed E-state index contributed by atoms with van der Waals surface area (Å²) in [5, 5.41) is 6.42. The molecule has 0 aromatic heterocycles. The first-order valence-corrected chi connectivity index (χ1v) is 8.80. The van der Waals surface area contributed by atoms with Gasteiger partial charge in [0.1, 0.15) is 6.04 Å². The Morgan fingerprint density at radius 1 is 1.29 bits per heavy atom. The van der Waals surface area contributed by atoms with Gasteiger partial charge in [0.05, 0.1) is 0 Å². The molecule has 2 heterocycles. The molecule has 120 valence electrons. The fraction of sp³-hybridized carbons (Fsp3) is 0.857. The van der Waals surface area contributed by atoms with E-state index in [9.17, 15) is 9.59 Å². The van der Waals surface area contributed by atoms with E-state index in [4.69, 9.17) is 0 Å². The molecule has 0 bridgehead atoms. The lowest BCUT2D eigenvalue weighted by atomic mass is 10.1. The number of hydrogen-bond donors (Lipinski definition) is 2. The summed E-state index contributed by atoms with van der Waals surface area (Å²) in [7, 11) is 0. The molecule has 2 N–H and O–H groups in total. The number of carbonyl (C=O) groups is 2. The second-order valence-electron chi connectivity index (χ2n) is 5.96. The summed E-state index contributed by atoms with van der Waals surface area (Å²) >= 11 is 1.90. The smallest absolute Gasteiger partial charge is 0.243 e. The van der Waals surface area contributed by atoms with Crippen molar-refractivity contribution in [3.63, 3.8) is 0 Å². The van der Waals surface area contributed by atoms with Crippen molar-refractivity contribution in [2.75, 3.05) is 24.6 Å². The molecule has 2 amide bonds. The molecule has 0 radical (unpaired) electrons. The van der Waals surface area contributed by atoms with Gasteiger partial charge in [-0.1, -0.05) is 0 Å². The van der Waals surface area contributed by atoms with Crippen LogP contribution in [0.4, 0.5) is 0 Å². The number of nitrogens with one attached hydrogen (secondary N) is 2. The van der Waals surface area contributed by atoms with E-state index in [0.29, 0.717) is 12.5 Å². The number of hydrogen-bond acceptors (Lipinski definition) is 4. The highest BCUT2D eigenvalue weighted by atomic mass is 35.5. The molecular weight excluding hydrogens is 310 g/mol. The number of carbonyl (C=O) groups excluding carboxylic acids is 2. The van der Waals surface area contributed by atoms with Crippen LogP contribution in [0.25, 0.3) is 0 Å². The van der Waals surface area contributed by atoms with E-state index in [-0.39, 0.29) is 36.3 Å². The summed E-state index contributed by atoms with van der Waals surface area (Å²) in [5.41, 5.74) is 0. The summed E-state index contributed by atoms with van der Waals surface area (Å²) in [4.78, 5) is 26.4. The molecular formula is C14H24ClN3O2S. The Balaban J connectivity index is 0.00000161. The summed E-state index contributed by atoms with van der Waals surface area (Å²) < 4.78 is 0. The lowest BCUT2D eigenvalue weighted by Crippen LogP contribution is -2.49. The third-order valence-electron chi connectivity index (χ3n) is 4.22. The van der Waals surface area contributed by atoms with Crippen LogP contribution in [0.5, 0.6) is 0 Å². The number of thioether (sulfide) groups is 1. The highest BCUT2D eigenvalue weighted by Gasteiger charge is 2.36. The molecule has 0 spiro atoms. The predicted molar refractivity (Wildman–Crippen MR) is 86.9 cm³/mol. The molecule has 7 heteroatoms. The minimum absolute atomic E-state index is 0. The molecule has 5 nitrogen and oxygen atoms in total. The molecule has 2 unspecified atom stereocenters. The predicted octanol–water partition coefficient (Wildman–Crippen LogP) is 0.773. The fourth-order valence-electron chi connectivity index (χ4n) is 2.94. The minimum Gasteiger partial charge on any atom is -0.352 e. The highest BCUT2D eigenvalue weighted by molar-refractivity contribution is 7.99. The van der Waals surface area contributed by atoms with E-state index in [1.54, 1.807) is 4.90 Å². The Morgan fingerprint density at radius 2 is 2.10 bits per heavy atom. The van der Waals surface area contributed by atoms with Crippen molar-refractivity contribution >= 4 is 36.0 Å². The van der Waals surface area contributed by atoms with E-state index < -0.39 is 0 Å². The summed E-state index contributed by atoms with van der Waals surface area (Å²) in [6.07, 6.45) is 4.48. The first-order chi connectivity index (χ1) is 9.74. The van der Waals surface area contributed by atoms with Gasteiger partial charge in [-0.25, -0.2) is 0 Å². The van der Waals surface area contributed by atoms with Gasteiger partial charge in [0.15, 0.2) is 0 Å². The topological polar surface area (TPSA) is 61.4 Å². The monoisotopic (exact) mass is 333 g/mol. The van der Waals surface area contributed by atoms with Crippen LogP contribution in [-0.4, -0.2) is 59.4 Å². The zero-order chi connectivity index (χ0) is 13.9. The lowest BCUT2D eigenvalue weighted by Gasteiger charge is -2.28. The fourth-order valence-corrected chi connectivity index (χ4v) is 3.89. The van der Waals surface area contributed by atoms with Gasteiger partial charge >= 0.3 is 0 Å². The van der Waals surface area contributed by atoms with Crippen molar-refractivity contribution in [1.29, 1.82) is 0 Å². The van der Waals surface area contributed by atoms with E-state index in [0.717, 1.165) is 50.3 Å². The summed E-state index contributed by atoms with van der Waals surface area (Å²) in [6.45, 7) is 1.72. The van der Waals surface area contributed by atoms with E-state index in [2.05, 4.69) is 10.6 Å². The molecule has 21 heavy (non-hydrogen) atoms. The van der Waals surface area contributed by atoms with Gasteiger partial charge in [-0.15, -0.1) is 12.4 Å². The van der Waals surface area contributed by atoms with Gasteiger partial charge < -0.3 is 15.5 Å². The number of likely N-dealkylation sites (tertiary alicyclic amines) is 1. The second kappa shape index (κ2) is 7.70. The molecule has 0 aromatic rings. The largest absolute Gasteiger partial charge is 0.352 e. The molecule has 2 atom stereocenters. The zero-order valence-electron chi connectivity index (χ0n) is 12.2. The van der Waals surface area contributed by atoms with E-state index in [1.165, 1.54) is 0 Å². The van der Waals surface area contributed by atoms with Gasteiger partial charge in [-0.2, -0.15) is 11.8 Å². The van der Waals surface area contributed by atoms with Gasteiger partial charge in [-0.05, 0) is 25.7 Å². The van der Waals surface area contributed by atoms with Crippen LogP contribution < -0.4 is 10.6 Å². The van der Waals surface area contributed by atoms with Crippen molar-refractivity contribution in [2.24, 2.45) is 0 Å². The molecule has 0 aromatic carbocycles. The van der Waals surface area contributed by atoms with Gasteiger partial charge in [0, 0.05) is 43.1 Å². The first-order valence-electron chi connectivity index (χ1n) is 7.65. The highest BCUT2D eigenvalue weighted by Crippen LogP contribution is 2.23. The Labute approximate surface area is 136 Å². The van der Waals surface area contributed by atoms with Crippen molar-refractivity contribution in [3.8, 4) is 0 Å². The molecule has 3 rings (SSSR count). The van der Waals surface area contributed by atoms with Crippen LogP contribution in [0.2, 0.25) is 0 Å². The average Bonchev–Trinajstić information content (AvgIpc) is 3.12. The lowest BCUT2D eigenvalue weighted by molar-refractivity contribution is -0.138. The van der Waals surface area contributed by atoms with Crippen molar-refractivity contribution in [1.82, 2.24) is 15.5 Å². The number of rotatable bonds is 4. The van der Waals surface area contributed by atoms with Crippen molar-refractivity contribution in [3.05, 3.63) is 0 Å². The normalized spacial score (nSPS) is 28.9. The van der Waals surface area contributed by atoms with Crippen LogP contribution in [0.3, 0.4) is 0 Å². The Morgan fingerprint density at radius 3 is 2.76 bits per heavy atom. The van der Waals surface area contributed by atoms with Crippen molar-refractivity contribution < 1.29 is 9.59 Å². The average molecular weight is 334 g/mol. The van der Waals surface area contributed by atoms with E-state index in [1.807, 2.05) is 11.8 Å². The number of halogens is 1. The van der Waals surface area contributed by atoms with Gasteiger partial charge in [0.2, 0.25) is 11.8 Å². The Bertz CT molecular complexity index is 386. The third kappa shape index (κ3) is 4.50. The Hall–Kier alpha value is -0.460. The molecule has 3 aliphatic rings. The zero-order valence-corrected chi connectivity index (χ0v) is 13.8.